The van der Waals surface area contributed by atoms with Gasteiger partial charge in [0.25, 0.3) is 0 Å². The molecule has 0 saturated heterocycles. The first kappa shape index (κ1) is 14.2. The van der Waals surface area contributed by atoms with Crippen molar-refractivity contribution in [3.05, 3.63) is 12.4 Å². The monoisotopic (exact) mass is 253 g/mol. The van der Waals surface area contributed by atoms with Crippen molar-refractivity contribution in [3.63, 3.8) is 0 Å². The summed E-state index contributed by atoms with van der Waals surface area (Å²) in [6, 6.07) is 1.65. The van der Waals surface area contributed by atoms with Crippen molar-refractivity contribution in [2.45, 2.75) is 33.2 Å². The van der Waals surface area contributed by atoms with Crippen LogP contribution in [0.1, 0.15) is 27.7 Å². The summed E-state index contributed by atoms with van der Waals surface area (Å²) in [5.74, 6) is 0.0893. The SMILES string of the molecule is CCOc1cc(N(CC)C(C)(C)C(=O)O)ncn1. The fraction of sp³-hybridized carbons (Fsp3) is 0.583. The van der Waals surface area contributed by atoms with Crippen LogP contribution in [-0.2, 0) is 4.79 Å². The van der Waals surface area contributed by atoms with Gasteiger partial charge < -0.3 is 14.7 Å². The first-order valence-corrected chi connectivity index (χ1v) is 5.89. The van der Waals surface area contributed by atoms with Crippen molar-refractivity contribution in [1.82, 2.24) is 9.97 Å². The molecule has 1 aromatic rings. The summed E-state index contributed by atoms with van der Waals surface area (Å²) in [6.45, 7) is 8.06. The van der Waals surface area contributed by atoms with Gasteiger partial charge in [0, 0.05) is 12.6 Å². The van der Waals surface area contributed by atoms with E-state index < -0.39 is 11.5 Å². The third kappa shape index (κ3) is 2.88. The zero-order valence-corrected chi connectivity index (χ0v) is 11.2. The number of carbonyl (C=O) groups is 1. The Labute approximate surface area is 107 Å². The number of anilines is 1. The lowest BCUT2D eigenvalue weighted by atomic mass is 10.0. The number of aliphatic carboxylic acids is 1. The highest BCUT2D eigenvalue weighted by atomic mass is 16.5. The number of aromatic nitrogens is 2. The molecule has 1 rings (SSSR count). The van der Waals surface area contributed by atoms with Gasteiger partial charge in [0.05, 0.1) is 6.61 Å². The van der Waals surface area contributed by atoms with Gasteiger partial charge in [-0.15, -0.1) is 0 Å². The van der Waals surface area contributed by atoms with Gasteiger partial charge in [0.1, 0.15) is 17.7 Å². The second-order valence-corrected chi connectivity index (χ2v) is 4.26. The number of nitrogens with zero attached hydrogens (tertiary/aromatic N) is 3. The molecule has 1 N–H and O–H groups in total. The first-order chi connectivity index (χ1) is 8.43. The summed E-state index contributed by atoms with van der Waals surface area (Å²) >= 11 is 0. The summed E-state index contributed by atoms with van der Waals surface area (Å²) in [5, 5.41) is 9.26. The highest BCUT2D eigenvalue weighted by Crippen LogP contribution is 2.24. The van der Waals surface area contributed by atoms with Crippen molar-refractivity contribution in [1.29, 1.82) is 0 Å². The molecule has 1 aromatic heterocycles. The minimum Gasteiger partial charge on any atom is -0.480 e. The van der Waals surface area contributed by atoms with Crippen LogP contribution in [0.3, 0.4) is 0 Å². The van der Waals surface area contributed by atoms with Crippen molar-refractivity contribution in [2.75, 3.05) is 18.1 Å². The van der Waals surface area contributed by atoms with Crippen LogP contribution in [0.5, 0.6) is 5.88 Å². The smallest absolute Gasteiger partial charge is 0.328 e. The second-order valence-electron chi connectivity index (χ2n) is 4.26. The molecule has 0 saturated carbocycles. The van der Waals surface area contributed by atoms with E-state index in [1.165, 1.54) is 6.33 Å². The van der Waals surface area contributed by atoms with Crippen molar-refractivity contribution >= 4 is 11.8 Å². The Hall–Kier alpha value is -1.85. The predicted molar refractivity (Wildman–Crippen MR) is 67.9 cm³/mol. The number of carboxylic acid groups (broad SMARTS) is 1. The van der Waals surface area contributed by atoms with Crippen molar-refractivity contribution < 1.29 is 14.6 Å². The number of hydrogen-bond donors (Lipinski definition) is 1. The molecule has 0 aliphatic heterocycles. The standard InChI is InChI=1S/C12H19N3O3/c1-5-15(12(3,4)11(16)17)9-7-10(18-6-2)14-8-13-9/h7-8H,5-6H2,1-4H3,(H,16,17). The van der Waals surface area contributed by atoms with Gasteiger partial charge in [-0.3, -0.25) is 0 Å². The van der Waals surface area contributed by atoms with Crippen LogP contribution in [0, 0.1) is 0 Å². The quantitative estimate of drug-likeness (QED) is 0.829. The molecule has 0 aliphatic carbocycles. The number of rotatable bonds is 6. The molecule has 6 nitrogen and oxygen atoms in total. The second kappa shape index (κ2) is 5.66. The number of ether oxygens (including phenoxy) is 1. The van der Waals surface area contributed by atoms with Crippen LogP contribution < -0.4 is 9.64 Å². The lowest BCUT2D eigenvalue weighted by Gasteiger charge is -2.35. The summed E-state index contributed by atoms with van der Waals surface area (Å²) in [6.07, 6.45) is 1.38. The summed E-state index contributed by atoms with van der Waals surface area (Å²) in [5.41, 5.74) is -1.04. The van der Waals surface area contributed by atoms with Crippen LogP contribution >= 0.6 is 0 Å². The molecule has 0 aromatic carbocycles. The number of likely N-dealkylation sites (N-methyl/N-ethyl adjacent to an activating group) is 1. The zero-order chi connectivity index (χ0) is 13.8. The van der Waals surface area contributed by atoms with Gasteiger partial charge >= 0.3 is 5.97 Å². The molecule has 0 bridgehead atoms. The van der Waals surface area contributed by atoms with E-state index in [0.717, 1.165) is 0 Å². The van der Waals surface area contributed by atoms with Gasteiger partial charge in [-0.25, -0.2) is 14.8 Å². The molecule has 0 amide bonds. The van der Waals surface area contributed by atoms with Crippen LogP contribution in [0.15, 0.2) is 12.4 Å². The van der Waals surface area contributed by atoms with Crippen molar-refractivity contribution in [2.24, 2.45) is 0 Å². The van der Waals surface area contributed by atoms with Gasteiger partial charge in [-0.1, -0.05) is 0 Å². The molecular formula is C12H19N3O3. The zero-order valence-electron chi connectivity index (χ0n) is 11.2. The highest BCUT2D eigenvalue weighted by molar-refractivity contribution is 5.82. The highest BCUT2D eigenvalue weighted by Gasteiger charge is 2.34. The van der Waals surface area contributed by atoms with Gasteiger partial charge in [0.2, 0.25) is 5.88 Å². The predicted octanol–water partition coefficient (Wildman–Crippen LogP) is 1.56. The molecule has 0 unspecified atom stereocenters. The Balaban J connectivity index is 3.09. The molecule has 100 valence electrons. The van der Waals surface area contributed by atoms with E-state index in [0.29, 0.717) is 24.8 Å². The average Bonchev–Trinajstić information content (AvgIpc) is 2.30. The lowest BCUT2D eigenvalue weighted by molar-refractivity contribution is -0.142. The topological polar surface area (TPSA) is 75.5 Å². The Morgan fingerprint density at radius 1 is 1.44 bits per heavy atom. The Kier molecular flexibility index (Phi) is 4.47. The molecule has 1 heterocycles. The van der Waals surface area contributed by atoms with Crippen LogP contribution in [0.25, 0.3) is 0 Å². The lowest BCUT2D eigenvalue weighted by Crippen LogP contribution is -2.50. The molecule has 0 radical (unpaired) electrons. The summed E-state index contributed by atoms with van der Waals surface area (Å²) in [4.78, 5) is 21.1. The fourth-order valence-electron chi connectivity index (χ4n) is 1.66. The molecule has 0 aliphatic rings. The van der Waals surface area contributed by atoms with Gasteiger partial charge in [-0.05, 0) is 27.7 Å². The van der Waals surface area contributed by atoms with E-state index in [1.807, 2.05) is 13.8 Å². The Bertz CT molecular complexity index is 421. The molecular weight excluding hydrogens is 234 g/mol. The maximum absolute atomic E-state index is 11.3. The Morgan fingerprint density at radius 3 is 2.61 bits per heavy atom. The average molecular weight is 253 g/mol. The summed E-state index contributed by atoms with van der Waals surface area (Å²) < 4.78 is 5.29. The van der Waals surface area contributed by atoms with Gasteiger partial charge in [-0.2, -0.15) is 0 Å². The van der Waals surface area contributed by atoms with E-state index in [4.69, 9.17) is 4.74 Å². The van der Waals surface area contributed by atoms with E-state index in [2.05, 4.69) is 9.97 Å². The third-order valence-electron chi connectivity index (χ3n) is 2.71. The van der Waals surface area contributed by atoms with E-state index >= 15 is 0 Å². The number of hydrogen-bond acceptors (Lipinski definition) is 5. The molecule has 18 heavy (non-hydrogen) atoms. The molecule has 0 fully saturated rings. The minimum atomic E-state index is -1.04. The van der Waals surface area contributed by atoms with E-state index in [1.54, 1.807) is 24.8 Å². The number of carboxylic acids is 1. The maximum atomic E-state index is 11.3. The maximum Gasteiger partial charge on any atom is 0.328 e. The van der Waals surface area contributed by atoms with Crippen molar-refractivity contribution in [3.8, 4) is 5.88 Å². The third-order valence-corrected chi connectivity index (χ3v) is 2.71. The molecule has 6 heteroatoms. The molecule has 0 atom stereocenters. The normalized spacial score (nSPS) is 11.1. The molecule has 0 spiro atoms. The summed E-state index contributed by atoms with van der Waals surface area (Å²) in [7, 11) is 0. The van der Waals surface area contributed by atoms with Crippen LogP contribution in [0.2, 0.25) is 0 Å². The van der Waals surface area contributed by atoms with Crippen LogP contribution in [-0.4, -0.2) is 39.7 Å². The first-order valence-electron chi connectivity index (χ1n) is 5.89. The minimum absolute atomic E-state index is 0.446. The fourth-order valence-corrected chi connectivity index (χ4v) is 1.66. The van der Waals surface area contributed by atoms with Gasteiger partial charge in [0.15, 0.2) is 0 Å². The van der Waals surface area contributed by atoms with E-state index in [9.17, 15) is 9.90 Å². The largest absolute Gasteiger partial charge is 0.480 e. The van der Waals surface area contributed by atoms with E-state index in [-0.39, 0.29) is 0 Å². The Morgan fingerprint density at radius 2 is 2.11 bits per heavy atom. The van der Waals surface area contributed by atoms with Crippen LogP contribution in [0.4, 0.5) is 5.82 Å².